The molecule has 11 heavy (non-hydrogen) atoms. The summed E-state index contributed by atoms with van der Waals surface area (Å²) in [6.07, 6.45) is 1.46. The van der Waals surface area contributed by atoms with Crippen molar-refractivity contribution in [3.63, 3.8) is 0 Å². The maximum Gasteiger partial charge on any atom is 0.333 e. The number of carbonyl (C=O) groups excluding carboxylic acids is 1. The molecule has 0 aromatic rings. The first-order chi connectivity index (χ1) is 5.11. The average Bonchev–Trinajstić information content (AvgIpc) is 2.33. The third-order valence-corrected chi connectivity index (χ3v) is 1.69. The fraction of sp³-hybridized carbons (Fsp3) is 0.333. The largest absolute Gasteiger partial charge is 0.478 e. The SMILES string of the molecule is O=C(O)C1=CNC(C(=O)Cl)C1. The Hall–Kier alpha value is -1.03. The van der Waals surface area contributed by atoms with Gasteiger partial charge in [0.25, 0.3) is 0 Å². The number of rotatable bonds is 2. The molecule has 60 valence electrons. The van der Waals surface area contributed by atoms with E-state index in [9.17, 15) is 9.59 Å². The Morgan fingerprint density at radius 3 is 2.64 bits per heavy atom. The summed E-state index contributed by atoms with van der Waals surface area (Å²) in [7, 11) is 0. The van der Waals surface area contributed by atoms with Crippen LogP contribution in [-0.2, 0) is 9.59 Å². The molecule has 5 heteroatoms. The first-order valence-electron chi connectivity index (χ1n) is 2.99. The maximum atomic E-state index is 10.5. The minimum Gasteiger partial charge on any atom is -0.478 e. The molecule has 0 aliphatic carbocycles. The minimum atomic E-state index is -1.02. The van der Waals surface area contributed by atoms with Gasteiger partial charge in [0.15, 0.2) is 0 Å². The van der Waals surface area contributed by atoms with E-state index in [1.807, 2.05) is 0 Å². The lowest BCUT2D eigenvalue weighted by molar-refractivity contribution is -0.132. The molecule has 1 aliphatic rings. The zero-order valence-electron chi connectivity index (χ0n) is 5.50. The van der Waals surface area contributed by atoms with E-state index in [1.54, 1.807) is 0 Å². The zero-order chi connectivity index (χ0) is 8.43. The van der Waals surface area contributed by atoms with E-state index in [1.165, 1.54) is 6.20 Å². The van der Waals surface area contributed by atoms with Gasteiger partial charge in [-0.1, -0.05) is 0 Å². The van der Waals surface area contributed by atoms with Crippen LogP contribution >= 0.6 is 11.6 Å². The normalized spacial score (nSPS) is 22.3. The standard InChI is InChI=1S/C6H6ClNO3/c7-5(9)4-1-3(2-8-4)6(10)11/h2,4,8H,1H2,(H,10,11). The number of nitrogens with one attached hydrogen (secondary N) is 1. The van der Waals surface area contributed by atoms with Crippen LogP contribution in [0.3, 0.4) is 0 Å². The second-order valence-corrected chi connectivity index (χ2v) is 2.57. The number of hydrogen-bond donors (Lipinski definition) is 2. The summed E-state index contributed by atoms with van der Waals surface area (Å²) in [4.78, 5) is 20.8. The van der Waals surface area contributed by atoms with Crippen LogP contribution in [0.2, 0.25) is 0 Å². The Bertz CT molecular complexity index is 236. The highest BCUT2D eigenvalue weighted by atomic mass is 35.5. The summed E-state index contributed by atoms with van der Waals surface area (Å²) in [6.45, 7) is 0. The van der Waals surface area contributed by atoms with Crippen LogP contribution < -0.4 is 5.32 Å². The molecule has 0 aromatic carbocycles. The number of carboxylic acid groups (broad SMARTS) is 1. The summed E-state index contributed by atoms with van der Waals surface area (Å²) >= 11 is 5.13. The van der Waals surface area contributed by atoms with E-state index < -0.39 is 17.3 Å². The van der Waals surface area contributed by atoms with Crippen molar-refractivity contribution in [1.29, 1.82) is 0 Å². The van der Waals surface area contributed by atoms with E-state index >= 15 is 0 Å². The second kappa shape index (κ2) is 2.92. The van der Waals surface area contributed by atoms with Gasteiger partial charge in [-0.3, -0.25) is 4.79 Å². The third-order valence-electron chi connectivity index (χ3n) is 1.43. The van der Waals surface area contributed by atoms with Crippen molar-refractivity contribution in [2.45, 2.75) is 12.5 Å². The molecule has 1 unspecified atom stereocenters. The summed E-state index contributed by atoms with van der Waals surface area (Å²) in [5.74, 6) is -1.02. The summed E-state index contributed by atoms with van der Waals surface area (Å²) < 4.78 is 0. The highest BCUT2D eigenvalue weighted by Gasteiger charge is 2.25. The fourth-order valence-electron chi connectivity index (χ4n) is 0.834. The number of carbonyl (C=O) groups is 2. The average molecular weight is 176 g/mol. The predicted octanol–water partition coefficient (Wildman–Crippen LogP) is 0.0822. The molecular weight excluding hydrogens is 170 g/mol. The molecule has 2 N–H and O–H groups in total. The molecule has 0 saturated heterocycles. The highest BCUT2D eigenvalue weighted by molar-refractivity contribution is 6.64. The molecule has 1 heterocycles. The molecule has 0 saturated carbocycles. The van der Waals surface area contributed by atoms with E-state index in [0.717, 1.165) is 0 Å². The Morgan fingerprint density at radius 1 is 1.73 bits per heavy atom. The maximum absolute atomic E-state index is 10.5. The second-order valence-electron chi connectivity index (χ2n) is 2.20. The molecule has 1 rings (SSSR count). The van der Waals surface area contributed by atoms with Crippen LogP contribution in [0.25, 0.3) is 0 Å². The van der Waals surface area contributed by atoms with Crippen molar-refractivity contribution in [1.82, 2.24) is 5.32 Å². The lowest BCUT2D eigenvalue weighted by atomic mass is 10.1. The van der Waals surface area contributed by atoms with Gasteiger partial charge in [0.2, 0.25) is 5.24 Å². The van der Waals surface area contributed by atoms with Gasteiger partial charge in [0.05, 0.1) is 5.57 Å². The van der Waals surface area contributed by atoms with E-state index in [4.69, 9.17) is 16.7 Å². The van der Waals surface area contributed by atoms with Gasteiger partial charge in [-0.2, -0.15) is 0 Å². The summed E-state index contributed by atoms with van der Waals surface area (Å²) in [5, 5.41) is 10.5. The molecule has 0 aromatic heterocycles. The van der Waals surface area contributed by atoms with Gasteiger partial charge in [-0.05, 0) is 11.6 Å². The Balaban J connectivity index is 2.56. The van der Waals surface area contributed by atoms with Crippen molar-refractivity contribution in [3.8, 4) is 0 Å². The topological polar surface area (TPSA) is 66.4 Å². The van der Waals surface area contributed by atoms with E-state index in [0.29, 0.717) is 0 Å². The third kappa shape index (κ3) is 1.71. The minimum absolute atomic E-state index is 0.164. The summed E-state index contributed by atoms with van der Waals surface area (Å²) in [5.41, 5.74) is 0.184. The predicted molar refractivity (Wildman–Crippen MR) is 38.1 cm³/mol. The van der Waals surface area contributed by atoms with Gasteiger partial charge in [-0.25, -0.2) is 4.79 Å². The van der Waals surface area contributed by atoms with Crippen LogP contribution in [0, 0.1) is 0 Å². The Kier molecular flexibility index (Phi) is 2.14. The lowest BCUT2D eigenvalue weighted by Crippen LogP contribution is -2.25. The van der Waals surface area contributed by atoms with Crippen molar-refractivity contribution < 1.29 is 14.7 Å². The van der Waals surface area contributed by atoms with Crippen LogP contribution in [-0.4, -0.2) is 22.4 Å². The Labute approximate surface area is 67.8 Å². The molecule has 0 spiro atoms. The number of halogens is 1. The molecule has 0 fully saturated rings. The van der Waals surface area contributed by atoms with E-state index in [-0.39, 0.29) is 12.0 Å². The molecule has 1 aliphatic heterocycles. The first kappa shape index (κ1) is 8.07. The van der Waals surface area contributed by atoms with Gasteiger partial charge >= 0.3 is 5.97 Å². The lowest BCUT2D eigenvalue weighted by Gasteiger charge is -2.01. The quantitative estimate of drug-likeness (QED) is 0.584. The van der Waals surface area contributed by atoms with Gasteiger partial charge in [-0.15, -0.1) is 0 Å². The monoisotopic (exact) mass is 175 g/mol. The molecule has 0 bridgehead atoms. The molecule has 4 nitrogen and oxygen atoms in total. The summed E-state index contributed by atoms with van der Waals surface area (Å²) in [6, 6.07) is -0.567. The first-order valence-corrected chi connectivity index (χ1v) is 3.37. The zero-order valence-corrected chi connectivity index (χ0v) is 6.26. The van der Waals surface area contributed by atoms with Crippen molar-refractivity contribution >= 4 is 22.8 Å². The molecule has 0 amide bonds. The van der Waals surface area contributed by atoms with Gasteiger partial charge in [0, 0.05) is 12.6 Å². The fourth-order valence-corrected chi connectivity index (χ4v) is 0.974. The Morgan fingerprint density at radius 2 is 2.36 bits per heavy atom. The van der Waals surface area contributed by atoms with Crippen LogP contribution in [0.1, 0.15) is 6.42 Å². The van der Waals surface area contributed by atoms with Crippen LogP contribution in [0.4, 0.5) is 0 Å². The van der Waals surface area contributed by atoms with E-state index in [2.05, 4.69) is 5.32 Å². The van der Waals surface area contributed by atoms with Crippen molar-refractivity contribution in [3.05, 3.63) is 11.8 Å². The van der Waals surface area contributed by atoms with Crippen LogP contribution in [0.15, 0.2) is 11.8 Å². The van der Waals surface area contributed by atoms with Crippen molar-refractivity contribution in [2.24, 2.45) is 0 Å². The number of hydrogen-bond acceptors (Lipinski definition) is 3. The molecule has 0 radical (unpaired) electrons. The number of carboxylic acids is 1. The van der Waals surface area contributed by atoms with Crippen molar-refractivity contribution in [2.75, 3.05) is 0 Å². The highest BCUT2D eigenvalue weighted by Crippen LogP contribution is 2.13. The van der Waals surface area contributed by atoms with Gasteiger partial charge < -0.3 is 10.4 Å². The van der Waals surface area contributed by atoms with Crippen LogP contribution in [0.5, 0.6) is 0 Å². The smallest absolute Gasteiger partial charge is 0.333 e. The van der Waals surface area contributed by atoms with Gasteiger partial charge in [0.1, 0.15) is 6.04 Å². The number of aliphatic carboxylic acids is 1. The molecule has 1 atom stereocenters. The molecular formula is C6H6ClNO3.